The minimum atomic E-state index is -1.06. The number of carbonyl (C=O) groups excluding carboxylic acids is 1. The van der Waals surface area contributed by atoms with Gasteiger partial charge in [0.05, 0.1) is 11.3 Å². The molecular weight excluding hydrogens is 208 g/mol. The highest BCUT2D eigenvalue weighted by Crippen LogP contribution is 2.17. The van der Waals surface area contributed by atoms with Crippen LogP contribution in [0.25, 0.3) is 0 Å². The van der Waals surface area contributed by atoms with E-state index in [2.05, 4.69) is 10.6 Å². The lowest BCUT2D eigenvalue weighted by atomic mass is 10.1. The van der Waals surface area contributed by atoms with Crippen LogP contribution in [0.4, 0.5) is 10.5 Å². The lowest BCUT2D eigenvalue weighted by Gasteiger charge is -2.09. The third-order valence-electron chi connectivity index (χ3n) is 1.99. The summed E-state index contributed by atoms with van der Waals surface area (Å²) in [6.45, 7) is 4.06. The molecule has 16 heavy (non-hydrogen) atoms. The average molecular weight is 222 g/mol. The fourth-order valence-corrected chi connectivity index (χ4v) is 1.27. The van der Waals surface area contributed by atoms with Crippen LogP contribution in [-0.2, 0) is 0 Å². The van der Waals surface area contributed by atoms with E-state index in [0.717, 1.165) is 5.56 Å². The van der Waals surface area contributed by atoms with Gasteiger partial charge < -0.3 is 15.7 Å². The van der Waals surface area contributed by atoms with Crippen LogP contribution in [0.1, 0.15) is 22.8 Å². The zero-order chi connectivity index (χ0) is 12.1. The number of urea groups is 1. The summed E-state index contributed by atoms with van der Waals surface area (Å²) < 4.78 is 0. The van der Waals surface area contributed by atoms with Crippen molar-refractivity contribution in [2.24, 2.45) is 0 Å². The number of aryl methyl sites for hydroxylation is 1. The molecule has 0 radical (unpaired) electrons. The third-order valence-corrected chi connectivity index (χ3v) is 1.99. The Morgan fingerprint density at radius 3 is 2.62 bits per heavy atom. The quantitative estimate of drug-likeness (QED) is 0.730. The molecule has 0 bridgehead atoms. The van der Waals surface area contributed by atoms with E-state index in [1.165, 1.54) is 6.07 Å². The van der Waals surface area contributed by atoms with Crippen LogP contribution in [0.2, 0.25) is 0 Å². The molecule has 5 heteroatoms. The first-order valence-corrected chi connectivity index (χ1v) is 4.93. The van der Waals surface area contributed by atoms with Crippen molar-refractivity contribution in [3.63, 3.8) is 0 Å². The van der Waals surface area contributed by atoms with Gasteiger partial charge in [-0.3, -0.25) is 0 Å². The minimum Gasteiger partial charge on any atom is -0.478 e. The van der Waals surface area contributed by atoms with Gasteiger partial charge in [-0.25, -0.2) is 9.59 Å². The van der Waals surface area contributed by atoms with E-state index in [9.17, 15) is 9.59 Å². The molecule has 3 N–H and O–H groups in total. The molecule has 0 saturated heterocycles. The molecule has 0 saturated carbocycles. The predicted octanol–water partition coefficient (Wildman–Crippen LogP) is 1.83. The van der Waals surface area contributed by atoms with E-state index < -0.39 is 12.0 Å². The van der Waals surface area contributed by atoms with E-state index >= 15 is 0 Å². The smallest absolute Gasteiger partial charge is 0.337 e. The number of anilines is 1. The number of hydrogen-bond donors (Lipinski definition) is 3. The second-order valence-electron chi connectivity index (χ2n) is 3.34. The van der Waals surface area contributed by atoms with Crippen LogP contribution < -0.4 is 10.6 Å². The Bertz CT molecular complexity index is 416. The molecule has 0 fully saturated rings. The topological polar surface area (TPSA) is 78.4 Å². The summed E-state index contributed by atoms with van der Waals surface area (Å²) in [6.07, 6.45) is 0. The van der Waals surface area contributed by atoms with Gasteiger partial charge in [-0.2, -0.15) is 0 Å². The number of rotatable bonds is 3. The van der Waals surface area contributed by atoms with Crippen molar-refractivity contribution in [3.05, 3.63) is 29.3 Å². The first-order chi connectivity index (χ1) is 7.54. The van der Waals surface area contributed by atoms with Gasteiger partial charge in [0.25, 0.3) is 0 Å². The summed E-state index contributed by atoms with van der Waals surface area (Å²) in [4.78, 5) is 22.2. The fraction of sp³-hybridized carbons (Fsp3) is 0.273. The Labute approximate surface area is 93.5 Å². The monoisotopic (exact) mass is 222 g/mol. The summed E-state index contributed by atoms with van der Waals surface area (Å²) in [5.41, 5.74) is 1.22. The Kier molecular flexibility index (Phi) is 3.88. The summed E-state index contributed by atoms with van der Waals surface area (Å²) >= 11 is 0. The second kappa shape index (κ2) is 5.16. The predicted molar refractivity (Wildman–Crippen MR) is 60.8 cm³/mol. The first kappa shape index (κ1) is 12.0. The Balaban J connectivity index is 2.95. The van der Waals surface area contributed by atoms with E-state index in [1.807, 2.05) is 0 Å². The van der Waals surface area contributed by atoms with Crippen molar-refractivity contribution in [2.45, 2.75) is 13.8 Å². The molecule has 0 unspecified atom stereocenters. The molecule has 0 heterocycles. The molecule has 0 atom stereocenters. The maximum absolute atomic E-state index is 11.3. The van der Waals surface area contributed by atoms with E-state index in [0.29, 0.717) is 12.2 Å². The number of benzene rings is 1. The molecule has 0 aromatic heterocycles. The standard InChI is InChI=1S/C11H14N2O3/c1-3-12-11(16)13-9-5-4-7(2)6-8(9)10(14)15/h4-6H,3H2,1-2H3,(H,14,15)(H2,12,13,16). The molecule has 0 aliphatic heterocycles. The maximum atomic E-state index is 11.3. The molecule has 86 valence electrons. The highest BCUT2D eigenvalue weighted by Gasteiger charge is 2.11. The number of carbonyl (C=O) groups is 2. The molecular formula is C11H14N2O3. The van der Waals surface area contributed by atoms with Crippen molar-refractivity contribution in [2.75, 3.05) is 11.9 Å². The van der Waals surface area contributed by atoms with Crippen LogP contribution in [0.15, 0.2) is 18.2 Å². The second-order valence-corrected chi connectivity index (χ2v) is 3.34. The molecule has 1 aromatic rings. The molecule has 0 spiro atoms. The van der Waals surface area contributed by atoms with Crippen molar-refractivity contribution in [3.8, 4) is 0 Å². The van der Waals surface area contributed by atoms with Gasteiger partial charge in [-0.05, 0) is 26.0 Å². The lowest BCUT2D eigenvalue weighted by molar-refractivity contribution is 0.0698. The van der Waals surface area contributed by atoms with Gasteiger partial charge in [-0.1, -0.05) is 11.6 Å². The SMILES string of the molecule is CCNC(=O)Nc1ccc(C)cc1C(=O)O. The van der Waals surface area contributed by atoms with Crippen LogP contribution >= 0.6 is 0 Å². The number of hydrogen-bond acceptors (Lipinski definition) is 2. The van der Waals surface area contributed by atoms with Gasteiger partial charge in [0.15, 0.2) is 0 Å². The van der Waals surface area contributed by atoms with Crippen molar-refractivity contribution in [1.82, 2.24) is 5.32 Å². The highest BCUT2D eigenvalue weighted by molar-refractivity contribution is 6.00. The summed E-state index contributed by atoms with van der Waals surface area (Å²) in [5, 5.41) is 14.0. The summed E-state index contributed by atoms with van der Waals surface area (Å²) in [5.74, 6) is -1.06. The average Bonchev–Trinajstić information content (AvgIpc) is 2.20. The summed E-state index contributed by atoms with van der Waals surface area (Å²) in [7, 11) is 0. The maximum Gasteiger partial charge on any atom is 0.337 e. The highest BCUT2D eigenvalue weighted by atomic mass is 16.4. The molecule has 1 rings (SSSR count). The van der Waals surface area contributed by atoms with E-state index in [1.54, 1.807) is 26.0 Å². The van der Waals surface area contributed by atoms with Crippen LogP contribution in [0, 0.1) is 6.92 Å². The molecule has 1 aromatic carbocycles. The van der Waals surface area contributed by atoms with Crippen molar-refractivity contribution < 1.29 is 14.7 Å². The Morgan fingerprint density at radius 1 is 1.38 bits per heavy atom. The van der Waals surface area contributed by atoms with Gasteiger partial charge in [-0.15, -0.1) is 0 Å². The molecule has 5 nitrogen and oxygen atoms in total. The number of amides is 2. The number of carboxylic acids is 1. The fourth-order valence-electron chi connectivity index (χ4n) is 1.27. The molecule has 2 amide bonds. The normalized spacial score (nSPS) is 9.62. The van der Waals surface area contributed by atoms with Crippen LogP contribution in [0.3, 0.4) is 0 Å². The van der Waals surface area contributed by atoms with E-state index in [-0.39, 0.29) is 5.56 Å². The van der Waals surface area contributed by atoms with Crippen molar-refractivity contribution in [1.29, 1.82) is 0 Å². The third kappa shape index (κ3) is 2.98. The number of carboxylic acid groups (broad SMARTS) is 1. The van der Waals surface area contributed by atoms with Crippen LogP contribution in [0.5, 0.6) is 0 Å². The molecule has 0 aliphatic rings. The van der Waals surface area contributed by atoms with E-state index in [4.69, 9.17) is 5.11 Å². The summed E-state index contributed by atoms with van der Waals surface area (Å²) in [6, 6.07) is 4.43. The largest absolute Gasteiger partial charge is 0.478 e. The van der Waals surface area contributed by atoms with Gasteiger partial charge >= 0.3 is 12.0 Å². The zero-order valence-electron chi connectivity index (χ0n) is 9.20. The number of nitrogens with one attached hydrogen (secondary N) is 2. The first-order valence-electron chi connectivity index (χ1n) is 4.93. The van der Waals surface area contributed by atoms with Crippen LogP contribution in [-0.4, -0.2) is 23.7 Å². The van der Waals surface area contributed by atoms with Crippen molar-refractivity contribution >= 4 is 17.7 Å². The Morgan fingerprint density at radius 2 is 2.06 bits per heavy atom. The number of aromatic carboxylic acids is 1. The zero-order valence-corrected chi connectivity index (χ0v) is 9.20. The van der Waals surface area contributed by atoms with Gasteiger partial charge in [0.1, 0.15) is 0 Å². The Hall–Kier alpha value is -2.04. The minimum absolute atomic E-state index is 0.0891. The van der Waals surface area contributed by atoms with Gasteiger partial charge in [0, 0.05) is 6.54 Å². The van der Waals surface area contributed by atoms with Gasteiger partial charge in [0.2, 0.25) is 0 Å². The molecule has 0 aliphatic carbocycles. The lowest BCUT2D eigenvalue weighted by Crippen LogP contribution is -2.28.